The molecular formula is C15H18FN3. The smallest absolute Gasteiger partial charge is 0.123 e. The fourth-order valence-corrected chi connectivity index (χ4v) is 2.62. The molecule has 1 aliphatic carbocycles. The Morgan fingerprint density at radius 1 is 1.26 bits per heavy atom. The van der Waals surface area contributed by atoms with Crippen LogP contribution in [0.3, 0.4) is 0 Å². The number of aromatic amines is 1. The van der Waals surface area contributed by atoms with Crippen LogP contribution in [0.5, 0.6) is 0 Å². The maximum absolute atomic E-state index is 12.8. The minimum Gasteiger partial charge on any atom is -0.348 e. The molecule has 3 rings (SSSR count). The van der Waals surface area contributed by atoms with Crippen LogP contribution in [-0.2, 0) is 6.42 Å². The Balaban J connectivity index is 1.39. The lowest BCUT2D eigenvalue weighted by Gasteiger charge is -2.36. The number of benzene rings is 1. The minimum absolute atomic E-state index is 0.155. The monoisotopic (exact) mass is 259 g/mol. The molecule has 1 aromatic carbocycles. The SMILES string of the molecule is Fc1ccc(C2CC(NCCc3cnc[nH]3)C2)cc1. The molecule has 0 aliphatic heterocycles. The zero-order valence-electron chi connectivity index (χ0n) is 10.8. The Morgan fingerprint density at radius 3 is 2.74 bits per heavy atom. The summed E-state index contributed by atoms with van der Waals surface area (Å²) < 4.78 is 12.8. The van der Waals surface area contributed by atoms with Crippen molar-refractivity contribution >= 4 is 0 Å². The fourth-order valence-electron chi connectivity index (χ4n) is 2.62. The largest absolute Gasteiger partial charge is 0.348 e. The van der Waals surface area contributed by atoms with E-state index >= 15 is 0 Å². The minimum atomic E-state index is -0.155. The van der Waals surface area contributed by atoms with E-state index in [1.54, 1.807) is 18.5 Å². The predicted octanol–water partition coefficient (Wildman–Crippen LogP) is 2.63. The quantitative estimate of drug-likeness (QED) is 0.866. The maximum Gasteiger partial charge on any atom is 0.123 e. The molecule has 1 aromatic heterocycles. The molecule has 19 heavy (non-hydrogen) atoms. The Hall–Kier alpha value is -1.68. The summed E-state index contributed by atoms with van der Waals surface area (Å²) >= 11 is 0. The number of nitrogens with one attached hydrogen (secondary N) is 2. The van der Waals surface area contributed by atoms with Crippen molar-refractivity contribution in [3.05, 3.63) is 53.9 Å². The van der Waals surface area contributed by atoms with Gasteiger partial charge in [0.05, 0.1) is 6.33 Å². The van der Waals surface area contributed by atoms with Crippen LogP contribution < -0.4 is 5.32 Å². The third-order valence-electron chi connectivity index (χ3n) is 3.86. The fraction of sp³-hybridized carbons (Fsp3) is 0.400. The van der Waals surface area contributed by atoms with E-state index in [2.05, 4.69) is 15.3 Å². The second-order valence-electron chi connectivity index (χ2n) is 5.20. The van der Waals surface area contributed by atoms with Gasteiger partial charge in [0.2, 0.25) is 0 Å². The predicted molar refractivity (Wildman–Crippen MR) is 72.5 cm³/mol. The lowest BCUT2D eigenvalue weighted by Crippen LogP contribution is -2.40. The maximum atomic E-state index is 12.8. The van der Waals surface area contributed by atoms with Crippen LogP contribution in [0, 0.1) is 5.82 Å². The van der Waals surface area contributed by atoms with Crippen LogP contribution in [0.25, 0.3) is 0 Å². The van der Waals surface area contributed by atoms with Gasteiger partial charge in [0.15, 0.2) is 0 Å². The average Bonchev–Trinajstić information content (AvgIpc) is 2.87. The second-order valence-corrected chi connectivity index (χ2v) is 5.20. The van der Waals surface area contributed by atoms with Crippen LogP contribution in [0.15, 0.2) is 36.8 Å². The lowest BCUT2D eigenvalue weighted by atomic mass is 9.76. The summed E-state index contributed by atoms with van der Waals surface area (Å²) in [6.45, 7) is 0.975. The van der Waals surface area contributed by atoms with Crippen LogP contribution in [0.4, 0.5) is 4.39 Å². The number of hydrogen-bond donors (Lipinski definition) is 2. The van der Waals surface area contributed by atoms with Crippen molar-refractivity contribution in [2.24, 2.45) is 0 Å². The van der Waals surface area contributed by atoms with Gasteiger partial charge in [0, 0.05) is 30.9 Å². The molecule has 0 amide bonds. The molecule has 2 aromatic rings. The topological polar surface area (TPSA) is 40.7 Å². The van der Waals surface area contributed by atoms with Crippen molar-refractivity contribution in [2.45, 2.75) is 31.2 Å². The molecule has 4 heteroatoms. The van der Waals surface area contributed by atoms with Gasteiger partial charge < -0.3 is 10.3 Å². The van der Waals surface area contributed by atoms with Gasteiger partial charge in [0.1, 0.15) is 5.82 Å². The number of H-pyrrole nitrogens is 1. The first kappa shape index (κ1) is 12.4. The van der Waals surface area contributed by atoms with Gasteiger partial charge in [-0.15, -0.1) is 0 Å². The van der Waals surface area contributed by atoms with Gasteiger partial charge in [-0.1, -0.05) is 12.1 Å². The van der Waals surface area contributed by atoms with Gasteiger partial charge >= 0.3 is 0 Å². The number of imidazole rings is 1. The third-order valence-corrected chi connectivity index (χ3v) is 3.86. The number of aromatic nitrogens is 2. The summed E-state index contributed by atoms with van der Waals surface area (Å²) in [5.41, 5.74) is 2.43. The van der Waals surface area contributed by atoms with Crippen molar-refractivity contribution in [3.8, 4) is 0 Å². The normalized spacial score (nSPS) is 22.2. The molecule has 0 bridgehead atoms. The molecule has 2 N–H and O–H groups in total. The van der Waals surface area contributed by atoms with Crippen LogP contribution in [0.2, 0.25) is 0 Å². The third kappa shape index (κ3) is 3.01. The Bertz CT molecular complexity index is 501. The van der Waals surface area contributed by atoms with E-state index in [4.69, 9.17) is 0 Å². The Labute approximate surface area is 112 Å². The molecule has 100 valence electrons. The molecule has 0 radical (unpaired) electrons. The highest BCUT2D eigenvalue weighted by molar-refractivity contribution is 5.23. The van der Waals surface area contributed by atoms with Crippen LogP contribution >= 0.6 is 0 Å². The summed E-state index contributed by atoms with van der Waals surface area (Å²) in [7, 11) is 0. The van der Waals surface area contributed by atoms with E-state index in [1.165, 1.54) is 11.3 Å². The molecular weight excluding hydrogens is 241 g/mol. The van der Waals surface area contributed by atoms with Gasteiger partial charge in [-0.2, -0.15) is 0 Å². The molecule has 1 heterocycles. The summed E-state index contributed by atoms with van der Waals surface area (Å²) in [6.07, 6.45) is 6.86. The van der Waals surface area contributed by atoms with E-state index in [-0.39, 0.29) is 5.82 Å². The zero-order chi connectivity index (χ0) is 13.1. The Morgan fingerprint density at radius 2 is 2.05 bits per heavy atom. The average molecular weight is 259 g/mol. The van der Waals surface area contributed by atoms with Gasteiger partial charge in [-0.3, -0.25) is 0 Å². The van der Waals surface area contributed by atoms with E-state index in [0.717, 1.165) is 25.8 Å². The standard InChI is InChI=1S/C15H18FN3/c16-13-3-1-11(2-4-13)12-7-15(8-12)18-6-5-14-9-17-10-19-14/h1-4,9-10,12,15,18H,5-8H2,(H,17,19). The van der Waals surface area contributed by atoms with Gasteiger partial charge in [-0.05, 0) is 36.5 Å². The zero-order valence-corrected chi connectivity index (χ0v) is 10.8. The van der Waals surface area contributed by atoms with E-state index < -0.39 is 0 Å². The van der Waals surface area contributed by atoms with Gasteiger partial charge in [-0.25, -0.2) is 9.37 Å². The van der Waals surface area contributed by atoms with Crippen LogP contribution in [-0.4, -0.2) is 22.6 Å². The molecule has 0 unspecified atom stereocenters. The van der Waals surface area contributed by atoms with Crippen molar-refractivity contribution in [3.63, 3.8) is 0 Å². The highest BCUT2D eigenvalue weighted by atomic mass is 19.1. The molecule has 0 saturated heterocycles. The second kappa shape index (κ2) is 5.53. The molecule has 1 aliphatic rings. The molecule has 1 fully saturated rings. The highest BCUT2D eigenvalue weighted by Crippen LogP contribution is 2.36. The number of hydrogen-bond acceptors (Lipinski definition) is 2. The lowest BCUT2D eigenvalue weighted by molar-refractivity contribution is 0.292. The van der Waals surface area contributed by atoms with Crippen molar-refractivity contribution in [2.75, 3.05) is 6.54 Å². The first-order valence-electron chi connectivity index (χ1n) is 6.77. The van der Waals surface area contributed by atoms with Crippen molar-refractivity contribution in [1.29, 1.82) is 0 Å². The Kier molecular flexibility index (Phi) is 3.60. The molecule has 0 atom stereocenters. The molecule has 1 saturated carbocycles. The molecule has 0 spiro atoms. The van der Waals surface area contributed by atoms with E-state index in [0.29, 0.717) is 12.0 Å². The summed E-state index contributed by atoms with van der Waals surface area (Å²) in [5.74, 6) is 0.433. The molecule has 3 nitrogen and oxygen atoms in total. The summed E-state index contributed by atoms with van der Waals surface area (Å²) in [4.78, 5) is 7.10. The summed E-state index contributed by atoms with van der Waals surface area (Å²) in [5, 5.41) is 3.55. The number of rotatable bonds is 5. The number of nitrogens with zero attached hydrogens (tertiary/aromatic N) is 1. The first-order valence-corrected chi connectivity index (χ1v) is 6.77. The highest BCUT2D eigenvalue weighted by Gasteiger charge is 2.29. The van der Waals surface area contributed by atoms with Gasteiger partial charge in [0.25, 0.3) is 0 Å². The first-order chi connectivity index (χ1) is 9.31. The van der Waals surface area contributed by atoms with Crippen molar-refractivity contribution < 1.29 is 4.39 Å². The summed E-state index contributed by atoms with van der Waals surface area (Å²) in [6, 6.07) is 7.50. The number of halogens is 1. The van der Waals surface area contributed by atoms with Crippen LogP contribution in [0.1, 0.15) is 30.0 Å². The van der Waals surface area contributed by atoms with E-state index in [9.17, 15) is 4.39 Å². The van der Waals surface area contributed by atoms with E-state index in [1.807, 2.05) is 18.3 Å². The van der Waals surface area contributed by atoms with Crippen molar-refractivity contribution in [1.82, 2.24) is 15.3 Å².